The number of hydrogen-bond donors (Lipinski definition) is 1. The minimum absolute atomic E-state index is 0.00283. The number of pyridine rings is 1. The van der Waals surface area contributed by atoms with E-state index in [2.05, 4.69) is 37.9 Å². The molecule has 0 radical (unpaired) electrons. The number of hydrogen-bond acceptors (Lipinski definition) is 3. The highest BCUT2D eigenvalue weighted by molar-refractivity contribution is 6.07. The summed E-state index contributed by atoms with van der Waals surface area (Å²) in [7, 11) is 0. The van der Waals surface area contributed by atoms with Gasteiger partial charge in [0.2, 0.25) is 0 Å². The average Bonchev–Trinajstić information content (AvgIpc) is 2.60. The van der Waals surface area contributed by atoms with Crippen LogP contribution in [0.25, 0.3) is 10.9 Å². The van der Waals surface area contributed by atoms with Crippen LogP contribution >= 0.6 is 0 Å². The van der Waals surface area contributed by atoms with Crippen LogP contribution in [0.2, 0.25) is 0 Å². The first-order valence-corrected chi connectivity index (χ1v) is 9.89. The summed E-state index contributed by atoms with van der Waals surface area (Å²) in [4.78, 5) is 20.2. The van der Waals surface area contributed by atoms with Gasteiger partial charge in [0, 0.05) is 24.5 Å². The number of nitrogens with zero attached hydrogens (tertiary/aromatic N) is 2. The molecule has 1 fully saturated rings. The number of rotatable bonds is 5. The van der Waals surface area contributed by atoms with Gasteiger partial charge in [0.25, 0.3) is 5.91 Å². The first-order chi connectivity index (χ1) is 12.4. The molecule has 1 amide bonds. The number of carbonyl (C=O) groups excluding carboxylic acids is 1. The summed E-state index contributed by atoms with van der Waals surface area (Å²) in [6.07, 6.45) is 3.43. The maximum atomic E-state index is 13.0. The molecule has 0 unspecified atom stereocenters. The normalized spacial score (nSPS) is 19.0. The van der Waals surface area contributed by atoms with Crippen LogP contribution in [-0.4, -0.2) is 30.0 Å². The van der Waals surface area contributed by atoms with Crippen LogP contribution in [0.15, 0.2) is 30.3 Å². The fraction of sp³-hybridized carbons (Fsp3) is 0.545. The molecule has 4 heteroatoms. The van der Waals surface area contributed by atoms with Gasteiger partial charge in [0.05, 0.1) is 11.1 Å². The first-order valence-electron chi connectivity index (χ1n) is 9.89. The Morgan fingerprint density at radius 3 is 2.81 bits per heavy atom. The number of aromatic nitrogens is 1. The van der Waals surface area contributed by atoms with Crippen LogP contribution < -0.4 is 10.2 Å². The minimum Gasteiger partial charge on any atom is -0.356 e. The predicted octanol–water partition coefficient (Wildman–Crippen LogP) is 4.64. The second-order valence-electron chi connectivity index (χ2n) is 8.24. The van der Waals surface area contributed by atoms with Crippen LogP contribution in [0, 0.1) is 11.8 Å². The Bertz CT molecular complexity index is 771. The molecule has 2 heterocycles. The van der Waals surface area contributed by atoms with E-state index in [0.29, 0.717) is 11.8 Å². The number of benzene rings is 1. The molecule has 1 aromatic heterocycles. The van der Waals surface area contributed by atoms with E-state index in [1.165, 1.54) is 12.8 Å². The van der Waals surface area contributed by atoms with Gasteiger partial charge in [0.1, 0.15) is 5.82 Å². The van der Waals surface area contributed by atoms with Crippen molar-refractivity contribution in [1.29, 1.82) is 0 Å². The first kappa shape index (κ1) is 18.7. The molecule has 0 bridgehead atoms. The zero-order chi connectivity index (χ0) is 18.7. The second-order valence-corrected chi connectivity index (χ2v) is 8.24. The van der Waals surface area contributed by atoms with E-state index in [1.54, 1.807) is 0 Å². The molecule has 0 spiro atoms. The maximum Gasteiger partial charge on any atom is 0.252 e. The summed E-state index contributed by atoms with van der Waals surface area (Å²) >= 11 is 0. The van der Waals surface area contributed by atoms with Crippen LogP contribution in [0.5, 0.6) is 0 Å². The molecule has 2 aromatic rings. The lowest BCUT2D eigenvalue weighted by molar-refractivity contribution is 0.0937. The summed E-state index contributed by atoms with van der Waals surface area (Å²) in [6, 6.07) is 10.1. The highest BCUT2D eigenvalue weighted by Crippen LogP contribution is 2.26. The monoisotopic (exact) mass is 353 g/mol. The molecule has 0 saturated carbocycles. The third-order valence-corrected chi connectivity index (χ3v) is 5.13. The lowest BCUT2D eigenvalue weighted by atomic mass is 10.00. The van der Waals surface area contributed by atoms with Gasteiger partial charge in [-0.05, 0) is 50.2 Å². The summed E-state index contributed by atoms with van der Waals surface area (Å²) < 4.78 is 0. The zero-order valence-corrected chi connectivity index (χ0v) is 16.5. The number of fused-ring (bicyclic) bond motifs is 1. The minimum atomic E-state index is 0.00283. The number of amides is 1. The van der Waals surface area contributed by atoms with Crippen molar-refractivity contribution in [3.8, 4) is 0 Å². The van der Waals surface area contributed by atoms with Crippen LogP contribution in [-0.2, 0) is 0 Å². The SMILES string of the molecule is CC(C)C[C@@H](C)NC(=O)c1cc(N2CCC[C@H](C)C2)nc2ccccc12. The average molecular weight is 354 g/mol. The Balaban J connectivity index is 1.93. The summed E-state index contributed by atoms with van der Waals surface area (Å²) in [6.45, 7) is 10.7. The van der Waals surface area contributed by atoms with Gasteiger partial charge in [-0.15, -0.1) is 0 Å². The van der Waals surface area contributed by atoms with Gasteiger partial charge in [0.15, 0.2) is 0 Å². The number of para-hydroxylation sites is 1. The largest absolute Gasteiger partial charge is 0.356 e. The van der Waals surface area contributed by atoms with E-state index in [0.717, 1.165) is 41.8 Å². The van der Waals surface area contributed by atoms with Crippen molar-refractivity contribution in [2.75, 3.05) is 18.0 Å². The number of anilines is 1. The van der Waals surface area contributed by atoms with Crippen LogP contribution in [0.3, 0.4) is 0 Å². The van der Waals surface area contributed by atoms with Crippen molar-refractivity contribution >= 4 is 22.6 Å². The Morgan fingerprint density at radius 2 is 2.08 bits per heavy atom. The standard InChI is InChI=1S/C22H31N3O/c1-15(2)12-17(4)23-22(26)19-13-21(25-11-7-8-16(3)14-25)24-20-10-6-5-9-18(19)20/h5-6,9-10,13,15-17H,7-8,11-12,14H2,1-4H3,(H,23,26)/t16-,17+/m0/s1. The van der Waals surface area contributed by atoms with Gasteiger partial charge < -0.3 is 10.2 Å². The summed E-state index contributed by atoms with van der Waals surface area (Å²) in [5.41, 5.74) is 1.63. The fourth-order valence-electron chi connectivity index (χ4n) is 3.98. The molecule has 1 N–H and O–H groups in total. The van der Waals surface area contributed by atoms with Gasteiger partial charge >= 0.3 is 0 Å². The Hall–Kier alpha value is -2.10. The molecule has 1 aromatic carbocycles. The van der Waals surface area contributed by atoms with Crippen molar-refractivity contribution < 1.29 is 4.79 Å². The molecule has 4 nitrogen and oxygen atoms in total. The lowest BCUT2D eigenvalue weighted by Crippen LogP contribution is -2.36. The predicted molar refractivity (Wildman–Crippen MR) is 109 cm³/mol. The molecule has 26 heavy (non-hydrogen) atoms. The molecule has 3 rings (SSSR count). The highest BCUT2D eigenvalue weighted by Gasteiger charge is 2.21. The molecule has 1 aliphatic rings. The van der Waals surface area contributed by atoms with E-state index in [9.17, 15) is 4.79 Å². The van der Waals surface area contributed by atoms with E-state index >= 15 is 0 Å². The quantitative estimate of drug-likeness (QED) is 0.852. The number of piperidine rings is 1. The fourth-order valence-corrected chi connectivity index (χ4v) is 3.98. The maximum absolute atomic E-state index is 13.0. The number of carbonyl (C=O) groups is 1. The highest BCUT2D eigenvalue weighted by atomic mass is 16.1. The van der Waals surface area contributed by atoms with E-state index in [1.807, 2.05) is 30.3 Å². The van der Waals surface area contributed by atoms with E-state index < -0.39 is 0 Å². The van der Waals surface area contributed by atoms with Crippen molar-refractivity contribution in [3.05, 3.63) is 35.9 Å². The topological polar surface area (TPSA) is 45.2 Å². The van der Waals surface area contributed by atoms with Crippen molar-refractivity contribution in [3.63, 3.8) is 0 Å². The third-order valence-electron chi connectivity index (χ3n) is 5.13. The van der Waals surface area contributed by atoms with Crippen molar-refractivity contribution in [2.45, 2.75) is 53.0 Å². The third kappa shape index (κ3) is 4.35. The molecule has 2 atom stereocenters. The lowest BCUT2D eigenvalue weighted by Gasteiger charge is -2.32. The molecular weight excluding hydrogens is 322 g/mol. The molecular formula is C22H31N3O. The molecule has 1 saturated heterocycles. The smallest absolute Gasteiger partial charge is 0.252 e. The molecule has 1 aliphatic heterocycles. The van der Waals surface area contributed by atoms with E-state index in [4.69, 9.17) is 4.98 Å². The van der Waals surface area contributed by atoms with Gasteiger partial charge in [-0.2, -0.15) is 0 Å². The van der Waals surface area contributed by atoms with Gasteiger partial charge in [-0.1, -0.05) is 39.0 Å². The molecule has 0 aliphatic carbocycles. The summed E-state index contributed by atoms with van der Waals surface area (Å²) in [5, 5.41) is 4.10. The Kier molecular flexibility index (Phi) is 5.80. The van der Waals surface area contributed by atoms with Crippen LogP contribution in [0.1, 0.15) is 57.3 Å². The van der Waals surface area contributed by atoms with Gasteiger partial charge in [-0.25, -0.2) is 4.98 Å². The van der Waals surface area contributed by atoms with Crippen molar-refractivity contribution in [1.82, 2.24) is 10.3 Å². The zero-order valence-electron chi connectivity index (χ0n) is 16.5. The summed E-state index contributed by atoms with van der Waals surface area (Å²) in [5.74, 6) is 2.16. The molecule has 140 valence electrons. The van der Waals surface area contributed by atoms with Crippen molar-refractivity contribution in [2.24, 2.45) is 11.8 Å². The van der Waals surface area contributed by atoms with Gasteiger partial charge in [-0.3, -0.25) is 4.79 Å². The van der Waals surface area contributed by atoms with Crippen LogP contribution in [0.4, 0.5) is 5.82 Å². The number of nitrogens with one attached hydrogen (secondary N) is 1. The van der Waals surface area contributed by atoms with E-state index in [-0.39, 0.29) is 11.9 Å². The Labute approximate surface area is 157 Å². The Morgan fingerprint density at radius 1 is 1.31 bits per heavy atom. The second kappa shape index (κ2) is 8.07.